The quantitative estimate of drug-likeness (QED) is 0.385. The van der Waals surface area contributed by atoms with Gasteiger partial charge in [0.1, 0.15) is 0 Å². The fraction of sp³-hybridized carbons (Fsp3) is 0.333. The third kappa shape index (κ3) is 7.33. The summed E-state index contributed by atoms with van der Waals surface area (Å²) in [6.45, 7) is 0.158. The first kappa shape index (κ1) is 24.8. The number of amides is 1. The molecule has 7 nitrogen and oxygen atoms in total. The second-order valence-electron chi connectivity index (χ2n) is 7.87. The fourth-order valence-electron chi connectivity index (χ4n) is 3.53. The van der Waals surface area contributed by atoms with Gasteiger partial charge >= 0.3 is 5.97 Å². The van der Waals surface area contributed by atoms with E-state index in [4.69, 9.17) is 16.3 Å². The maximum absolute atomic E-state index is 12.6. The molecule has 0 heterocycles. The molecular weight excluding hydrogens is 464 g/mol. The Morgan fingerprint density at radius 3 is 2.61 bits per heavy atom. The van der Waals surface area contributed by atoms with Crippen LogP contribution in [0.3, 0.4) is 0 Å². The van der Waals surface area contributed by atoms with E-state index in [1.807, 2.05) is 6.07 Å². The summed E-state index contributed by atoms with van der Waals surface area (Å²) in [7, 11) is -3.47. The Hall–Kier alpha value is -2.84. The fourth-order valence-corrected chi connectivity index (χ4v) is 4.34. The Morgan fingerprint density at radius 2 is 1.88 bits per heavy atom. The zero-order valence-corrected chi connectivity index (χ0v) is 20.0. The molecule has 2 aromatic rings. The molecule has 1 aliphatic rings. The lowest BCUT2D eigenvalue weighted by atomic mass is 9.97. The molecule has 0 fully saturated rings. The molecule has 0 radical (unpaired) electrons. The van der Waals surface area contributed by atoms with E-state index >= 15 is 0 Å². The van der Waals surface area contributed by atoms with Crippen LogP contribution < -0.4 is 10.6 Å². The lowest BCUT2D eigenvalue weighted by Crippen LogP contribution is -2.22. The largest absolute Gasteiger partial charge is 0.452 e. The molecule has 2 aromatic carbocycles. The van der Waals surface area contributed by atoms with E-state index < -0.39 is 28.3 Å². The molecule has 0 aromatic heterocycles. The van der Waals surface area contributed by atoms with Crippen molar-refractivity contribution in [3.05, 3.63) is 64.7 Å². The van der Waals surface area contributed by atoms with Gasteiger partial charge in [0, 0.05) is 18.5 Å². The number of carbonyl (C=O) groups is 2. The first-order valence-corrected chi connectivity index (χ1v) is 13.0. The number of para-hydroxylation sites is 1. The van der Waals surface area contributed by atoms with Crippen LogP contribution in [-0.4, -0.2) is 39.7 Å². The molecule has 176 valence electrons. The molecule has 0 saturated carbocycles. The summed E-state index contributed by atoms with van der Waals surface area (Å²) in [5.74, 6) is -1.27. The number of nitrogens with one attached hydrogen (secondary N) is 2. The van der Waals surface area contributed by atoms with Crippen molar-refractivity contribution in [2.24, 2.45) is 0 Å². The Kier molecular flexibility index (Phi) is 8.52. The van der Waals surface area contributed by atoms with Crippen molar-refractivity contribution < 1.29 is 22.7 Å². The highest BCUT2D eigenvalue weighted by molar-refractivity contribution is 7.90. The number of anilines is 2. The minimum absolute atomic E-state index is 0.0168. The Bertz CT molecular complexity index is 1160. The number of halogens is 1. The van der Waals surface area contributed by atoms with E-state index in [0.29, 0.717) is 17.8 Å². The number of sulfone groups is 1. The van der Waals surface area contributed by atoms with Crippen LogP contribution in [-0.2, 0) is 19.4 Å². The van der Waals surface area contributed by atoms with Gasteiger partial charge in [0.25, 0.3) is 5.91 Å². The number of ether oxygens (including phenoxy) is 1. The van der Waals surface area contributed by atoms with Crippen molar-refractivity contribution >= 4 is 44.7 Å². The summed E-state index contributed by atoms with van der Waals surface area (Å²) in [6.07, 6.45) is 8.99. The van der Waals surface area contributed by atoms with Crippen LogP contribution in [0.5, 0.6) is 0 Å². The van der Waals surface area contributed by atoms with Gasteiger partial charge in [-0.25, -0.2) is 13.2 Å². The number of esters is 1. The van der Waals surface area contributed by atoms with Gasteiger partial charge in [-0.1, -0.05) is 35.4 Å². The lowest BCUT2D eigenvalue weighted by molar-refractivity contribution is -0.119. The van der Waals surface area contributed by atoms with Crippen molar-refractivity contribution in [1.29, 1.82) is 0 Å². The van der Waals surface area contributed by atoms with Gasteiger partial charge in [0.2, 0.25) is 0 Å². The van der Waals surface area contributed by atoms with Crippen molar-refractivity contribution in [2.75, 3.05) is 30.0 Å². The molecule has 1 aliphatic carbocycles. The second-order valence-corrected chi connectivity index (χ2v) is 10.3. The molecule has 1 amide bonds. The number of hydrogen-bond acceptors (Lipinski definition) is 6. The number of carbonyl (C=O) groups excluding carboxylic acids is 2. The Balaban J connectivity index is 1.56. The van der Waals surface area contributed by atoms with Crippen LogP contribution >= 0.6 is 11.6 Å². The molecule has 9 heteroatoms. The second kappa shape index (κ2) is 11.3. The summed E-state index contributed by atoms with van der Waals surface area (Å²) < 4.78 is 28.6. The molecule has 2 N–H and O–H groups in total. The molecular formula is C24H27ClN2O5S. The smallest absolute Gasteiger partial charge is 0.340 e. The van der Waals surface area contributed by atoms with Crippen LogP contribution in [0.1, 0.15) is 42.5 Å². The van der Waals surface area contributed by atoms with Crippen LogP contribution in [0, 0.1) is 0 Å². The number of rotatable bonds is 9. The highest BCUT2D eigenvalue weighted by Crippen LogP contribution is 2.25. The molecule has 0 saturated heterocycles. The predicted molar refractivity (Wildman–Crippen MR) is 130 cm³/mol. The molecule has 33 heavy (non-hydrogen) atoms. The van der Waals surface area contributed by atoms with E-state index in [9.17, 15) is 18.0 Å². The average Bonchev–Trinajstić information content (AvgIpc) is 2.79. The van der Waals surface area contributed by atoms with Crippen LogP contribution in [0.25, 0.3) is 0 Å². The first-order chi connectivity index (χ1) is 15.7. The third-order valence-corrected chi connectivity index (χ3v) is 6.71. The number of allylic oxidation sites excluding steroid dienone is 1. The monoisotopic (exact) mass is 490 g/mol. The molecule has 0 bridgehead atoms. The van der Waals surface area contributed by atoms with Gasteiger partial charge in [-0.2, -0.15) is 0 Å². The SMILES string of the molecule is CS(=O)(=O)c1ccc(Cl)c(NC(=O)COC(=O)c2ccccc2NCCC2=CCCCC2)c1. The average molecular weight is 491 g/mol. The minimum atomic E-state index is -3.47. The lowest BCUT2D eigenvalue weighted by Gasteiger charge is -2.15. The molecule has 0 unspecified atom stereocenters. The molecule has 3 rings (SSSR count). The maximum Gasteiger partial charge on any atom is 0.340 e. The van der Waals surface area contributed by atoms with Crippen LogP contribution in [0.15, 0.2) is 59.0 Å². The number of benzene rings is 2. The van der Waals surface area contributed by atoms with Gasteiger partial charge in [-0.15, -0.1) is 0 Å². The van der Waals surface area contributed by atoms with Crippen molar-refractivity contribution in [2.45, 2.75) is 37.0 Å². The van der Waals surface area contributed by atoms with E-state index in [2.05, 4.69) is 16.7 Å². The Morgan fingerprint density at radius 1 is 1.09 bits per heavy atom. The van der Waals surface area contributed by atoms with Crippen molar-refractivity contribution in [1.82, 2.24) is 0 Å². The predicted octanol–water partition coefficient (Wildman–Crippen LogP) is 4.84. The van der Waals surface area contributed by atoms with Crippen molar-refractivity contribution in [3.8, 4) is 0 Å². The standard InChI is InChI=1S/C24H27ClN2O5S/c1-33(30,31)18-11-12-20(25)22(15-18)27-23(28)16-32-24(29)19-9-5-6-10-21(19)26-14-13-17-7-3-2-4-8-17/h5-7,9-12,15,26H,2-4,8,13-14,16H2,1H3,(H,27,28). The Labute approximate surface area is 199 Å². The summed E-state index contributed by atoms with van der Waals surface area (Å²) >= 11 is 6.04. The van der Waals surface area contributed by atoms with E-state index in [0.717, 1.165) is 25.5 Å². The zero-order chi connectivity index (χ0) is 23.8. The molecule has 0 aliphatic heterocycles. The number of hydrogen-bond donors (Lipinski definition) is 2. The van der Waals surface area contributed by atoms with E-state index in [1.165, 1.54) is 36.6 Å². The van der Waals surface area contributed by atoms with E-state index in [-0.39, 0.29) is 15.6 Å². The summed E-state index contributed by atoms with van der Waals surface area (Å²) in [6, 6.07) is 11.0. The highest BCUT2D eigenvalue weighted by Gasteiger charge is 2.16. The first-order valence-electron chi connectivity index (χ1n) is 10.7. The normalized spacial score (nSPS) is 13.7. The maximum atomic E-state index is 12.6. The van der Waals surface area contributed by atoms with Gasteiger partial charge in [-0.3, -0.25) is 4.79 Å². The summed E-state index contributed by atoms with van der Waals surface area (Å²) in [4.78, 5) is 24.9. The molecule has 0 spiro atoms. The van der Waals surface area contributed by atoms with Gasteiger partial charge in [0.15, 0.2) is 16.4 Å². The third-order valence-electron chi connectivity index (χ3n) is 5.27. The van der Waals surface area contributed by atoms with E-state index in [1.54, 1.807) is 18.2 Å². The summed E-state index contributed by atoms with van der Waals surface area (Å²) in [5.41, 5.74) is 2.53. The highest BCUT2D eigenvalue weighted by atomic mass is 35.5. The van der Waals surface area contributed by atoms with Crippen LogP contribution in [0.2, 0.25) is 5.02 Å². The summed E-state index contributed by atoms with van der Waals surface area (Å²) in [5, 5.41) is 5.93. The van der Waals surface area contributed by atoms with Crippen molar-refractivity contribution in [3.63, 3.8) is 0 Å². The zero-order valence-electron chi connectivity index (χ0n) is 18.4. The van der Waals surface area contributed by atoms with Gasteiger partial charge in [-0.05, 0) is 62.4 Å². The van der Waals surface area contributed by atoms with Crippen LogP contribution in [0.4, 0.5) is 11.4 Å². The topological polar surface area (TPSA) is 102 Å². The molecule has 0 atom stereocenters. The minimum Gasteiger partial charge on any atom is -0.452 e. The van der Waals surface area contributed by atoms with Gasteiger partial charge in [0.05, 0.1) is 21.2 Å². The van der Waals surface area contributed by atoms with Gasteiger partial charge < -0.3 is 15.4 Å².